The molecule has 1 aromatic rings. The lowest BCUT2D eigenvalue weighted by molar-refractivity contribution is -0.276. The SMILES string of the molecule is Cc1c(C(O)(CC(C)(C)C)C(F)(F)F)ccc(C#N)c1Cl. The highest BCUT2D eigenvalue weighted by atomic mass is 35.5. The fourth-order valence-electron chi connectivity index (χ4n) is 2.34. The number of rotatable bonds is 2. The van der Waals surface area contributed by atoms with Gasteiger partial charge in [0.2, 0.25) is 0 Å². The molecule has 1 N–H and O–H groups in total. The zero-order valence-electron chi connectivity index (χ0n) is 12.3. The van der Waals surface area contributed by atoms with E-state index in [0.717, 1.165) is 6.07 Å². The van der Waals surface area contributed by atoms with E-state index in [-0.39, 0.29) is 21.7 Å². The first kappa shape index (κ1) is 17.8. The van der Waals surface area contributed by atoms with Crippen LogP contribution < -0.4 is 0 Å². The number of benzene rings is 1. The molecule has 0 aliphatic heterocycles. The Morgan fingerprint density at radius 3 is 2.14 bits per heavy atom. The Balaban J connectivity index is 3.57. The van der Waals surface area contributed by atoms with Gasteiger partial charge < -0.3 is 5.11 Å². The maximum atomic E-state index is 13.5. The van der Waals surface area contributed by atoms with Crippen molar-refractivity contribution in [3.63, 3.8) is 0 Å². The van der Waals surface area contributed by atoms with Gasteiger partial charge in [0, 0.05) is 0 Å². The quantitative estimate of drug-likeness (QED) is 0.858. The molecule has 0 aromatic heterocycles. The van der Waals surface area contributed by atoms with Crippen LogP contribution in [0.2, 0.25) is 5.02 Å². The predicted molar refractivity (Wildman–Crippen MR) is 74.9 cm³/mol. The second-order valence-corrected chi connectivity index (χ2v) is 6.68. The minimum Gasteiger partial charge on any atom is -0.376 e. The van der Waals surface area contributed by atoms with Crippen molar-refractivity contribution in [1.29, 1.82) is 5.26 Å². The van der Waals surface area contributed by atoms with Crippen molar-refractivity contribution >= 4 is 11.6 Å². The lowest BCUT2D eigenvalue weighted by atomic mass is 9.76. The van der Waals surface area contributed by atoms with E-state index in [0.29, 0.717) is 0 Å². The molecule has 1 unspecified atom stereocenters. The van der Waals surface area contributed by atoms with Crippen molar-refractivity contribution in [2.45, 2.75) is 45.9 Å². The third-order valence-electron chi connectivity index (χ3n) is 3.21. The Hall–Kier alpha value is -1.25. The van der Waals surface area contributed by atoms with E-state index in [1.54, 1.807) is 26.8 Å². The van der Waals surface area contributed by atoms with Gasteiger partial charge in [-0.15, -0.1) is 0 Å². The number of nitriles is 1. The molecule has 0 saturated heterocycles. The van der Waals surface area contributed by atoms with Crippen molar-refractivity contribution in [3.8, 4) is 6.07 Å². The smallest absolute Gasteiger partial charge is 0.376 e. The van der Waals surface area contributed by atoms with E-state index in [1.165, 1.54) is 13.0 Å². The summed E-state index contributed by atoms with van der Waals surface area (Å²) < 4.78 is 40.4. The molecular formula is C15H17ClF3NO. The summed E-state index contributed by atoms with van der Waals surface area (Å²) in [6.45, 7) is 6.22. The number of halogens is 4. The number of hydrogen-bond donors (Lipinski definition) is 1. The number of nitrogens with zero attached hydrogens (tertiary/aromatic N) is 1. The van der Waals surface area contributed by atoms with E-state index in [2.05, 4.69) is 0 Å². The molecule has 0 bridgehead atoms. The fraction of sp³-hybridized carbons (Fsp3) is 0.533. The van der Waals surface area contributed by atoms with E-state index >= 15 is 0 Å². The maximum Gasteiger partial charge on any atom is 0.421 e. The molecular weight excluding hydrogens is 303 g/mol. The van der Waals surface area contributed by atoms with Gasteiger partial charge in [-0.1, -0.05) is 38.4 Å². The largest absolute Gasteiger partial charge is 0.421 e. The van der Waals surface area contributed by atoms with Crippen molar-refractivity contribution in [1.82, 2.24) is 0 Å². The molecule has 0 fully saturated rings. The van der Waals surface area contributed by atoms with Crippen molar-refractivity contribution < 1.29 is 18.3 Å². The molecule has 0 aliphatic carbocycles. The van der Waals surface area contributed by atoms with Crippen LogP contribution in [-0.2, 0) is 5.60 Å². The number of hydrogen-bond acceptors (Lipinski definition) is 2. The molecule has 0 heterocycles. The zero-order valence-corrected chi connectivity index (χ0v) is 13.0. The van der Waals surface area contributed by atoms with Gasteiger partial charge in [0.25, 0.3) is 0 Å². The van der Waals surface area contributed by atoms with Crippen LogP contribution in [0.5, 0.6) is 0 Å². The molecule has 0 amide bonds. The van der Waals surface area contributed by atoms with Crippen LogP contribution in [0.15, 0.2) is 12.1 Å². The average Bonchev–Trinajstić information content (AvgIpc) is 2.28. The van der Waals surface area contributed by atoms with Crippen molar-refractivity contribution in [2.75, 3.05) is 0 Å². The van der Waals surface area contributed by atoms with Crippen LogP contribution in [0.1, 0.15) is 43.9 Å². The fourth-order valence-corrected chi connectivity index (χ4v) is 2.54. The Labute approximate surface area is 127 Å². The molecule has 0 saturated carbocycles. The van der Waals surface area contributed by atoms with Gasteiger partial charge in [0.1, 0.15) is 6.07 Å². The van der Waals surface area contributed by atoms with Crippen LogP contribution in [0.4, 0.5) is 13.2 Å². The summed E-state index contributed by atoms with van der Waals surface area (Å²) in [4.78, 5) is 0. The predicted octanol–water partition coefficient (Wildman–Crippen LogP) is 4.71. The van der Waals surface area contributed by atoms with Crippen LogP contribution in [0.25, 0.3) is 0 Å². The third kappa shape index (κ3) is 3.50. The van der Waals surface area contributed by atoms with Crippen molar-refractivity contribution in [3.05, 3.63) is 33.8 Å². The van der Waals surface area contributed by atoms with Crippen LogP contribution in [0, 0.1) is 23.7 Å². The summed E-state index contributed by atoms with van der Waals surface area (Å²) in [6.07, 6.45) is -5.35. The van der Waals surface area contributed by atoms with Gasteiger partial charge in [-0.3, -0.25) is 0 Å². The standard InChI is InChI=1S/C15H17ClF3NO/c1-9-11(6-5-10(7-20)12(9)16)14(21,15(17,18)19)8-13(2,3)4/h5-6,21H,8H2,1-4H3. The third-order valence-corrected chi connectivity index (χ3v) is 3.69. The number of alkyl halides is 3. The van der Waals surface area contributed by atoms with E-state index < -0.39 is 23.6 Å². The van der Waals surface area contributed by atoms with Crippen LogP contribution >= 0.6 is 11.6 Å². The van der Waals surface area contributed by atoms with E-state index in [9.17, 15) is 18.3 Å². The summed E-state index contributed by atoms with van der Waals surface area (Å²) in [5.74, 6) is 0. The molecule has 1 atom stereocenters. The highest BCUT2D eigenvalue weighted by Gasteiger charge is 2.57. The minimum absolute atomic E-state index is 0.0633. The van der Waals surface area contributed by atoms with Gasteiger partial charge in [-0.05, 0) is 36.0 Å². The molecule has 0 spiro atoms. The lowest BCUT2D eigenvalue weighted by Crippen LogP contribution is -2.45. The van der Waals surface area contributed by atoms with Crippen LogP contribution in [-0.4, -0.2) is 11.3 Å². The van der Waals surface area contributed by atoms with Crippen LogP contribution in [0.3, 0.4) is 0 Å². The minimum atomic E-state index is -4.84. The summed E-state index contributed by atoms with van der Waals surface area (Å²) in [6, 6.07) is 4.13. The van der Waals surface area contributed by atoms with Gasteiger partial charge >= 0.3 is 6.18 Å². The summed E-state index contributed by atoms with van der Waals surface area (Å²) in [7, 11) is 0. The van der Waals surface area contributed by atoms with Crippen molar-refractivity contribution in [2.24, 2.45) is 5.41 Å². The Bertz CT molecular complexity index is 584. The first-order valence-electron chi connectivity index (χ1n) is 6.32. The van der Waals surface area contributed by atoms with Gasteiger partial charge in [-0.2, -0.15) is 18.4 Å². The normalized spacial score (nSPS) is 15.4. The highest BCUT2D eigenvalue weighted by Crippen LogP contribution is 2.48. The topological polar surface area (TPSA) is 44.0 Å². The zero-order chi connectivity index (χ0) is 16.6. The lowest BCUT2D eigenvalue weighted by Gasteiger charge is -2.37. The first-order valence-corrected chi connectivity index (χ1v) is 6.70. The Kier molecular flexibility index (Phi) is 4.67. The molecule has 1 rings (SSSR count). The van der Waals surface area contributed by atoms with Gasteiger partial charge in [-0.25, -0.2) is 0 Å². The monoisotopic (exact) mass is 319 g/mol. The average molecular weight is 320 g/mol. The van der Waals surface area contributed by atoms with E-state index in [4.69, 9.17) is 16.9 Å². The Morgan fingerprint density at radius 2 is 1.76 bits per heavy atom. The molecule has 116 valence electrons. The molecule has 0 aliphatic rings. The van der Waals surface area contributed by atoms with E-state index in [1.807, 2.05) is 0 Å². The molecule has 2 nitrogen and oxygen atoms in total. The molecule has 0 radical (unpaired) electrons. The molecule has 1 aromatic carbocycles. The second-order valence-electron chi connectivity index (χ2n) is 6.31. The number of aliphatic hydroxyl groups is 1. The Morgan fingerprint density at radius 1 is 1.24 bits per heavy atom. The summed E-state index contributed by atoms with van der Waals surface area (Å²) >= 11 is 5.92. The second kappa shape index (κ2) is 5.51. The first-order chi connectivity index (χ1) is 9.33. The highest BCUT2D eigenvalue weighted by molar-refractivity contribution is 6.32. The summed E-state index contributed by atoms with van der Waals surface area (Å²) in [5.41, 5.74) is -3.92. The van der Waals surface area contributed by atoms with Gasteiger partial charge in [0.05, 0.1) is 10.6 Å². The summed E-state index contributed by atoms with van der Waals surface area (Å²) in [5, 5.41) is 19.2. The van der Waals surface area contributed by atoms with Gasteiger partial charge in [0.15, 0.2) is 5.60 Å². The molecule has 6 heteroatoms. The maximum absolute atomic E-state index is 13.5. The molecule has 21 heavy (non-hydrogen) atoms.